The van der Waals surface area contributed by atoms with Crippen LogP contribution < -0.4 is 15.4 Å². The number of hydrogen-bond donors (Lipinski definition) is 2. The molecule has 4 fully saturated rings. The Balaban J connectivity index is 1.25. The predicted molar refractivity (Wildman–Crippen MR) is 170 cm³/mol. The molecule has 0 radical (unpaired) electrons. The van der Waals surface area contributed by atoms with Gasteiger partial charge in [0.1, 0.15) is 41.3 Å². The number of hydrogen-bond acceptors (Lipinski definition) is 10. The third kappa shape index (κ3) is 4.20. The number of piperazine rings is 1. The van der Waals surface area contributed by atoms with E-state index in [1.165, 1.54) is 4.90 Å². The zero-order chi connectivity index (χ0) is 32.9. The highest BCUT2D eigenvalue weighted by atomic mass is 19.1. The van der Waals surface area contributed by atoms with Crippen LogP contribution in [0, 0.1) is 17.1 Å². The summed E-state index contributed by atoms with van der Waals surface area (Å²) in [7, 11) is 0. The molecule has 248 valence electrons. The van der Waals surface area contributed by atoms with Crippen LogP contribution in [0.1, 0.15) is 48.8 Å². The fourth-order valence-corrected chi connectivity index (χ4v) is 9.06. The number of anilines is 2. The highest BCUT2D eigenvalue weighted by Gasteiger charge is 2.50. The summed E-state index contributed by atoms with van der Waals surface area (Å²) < 4.78 is 49.9. The lowest BCUT2D eigenvalue weighted by molar-refractivity contribution is 0.107. The molecule has 2 unspecified atom stereocenters. The van der Waals surface area contributed by atoms with Crippen LogP contribution in [-0.2, 0) is 18.0 Å². The second-order valence-electron chi connectivity index (χ2n) is 13.7. The van der Waals surface area contributed by atoms with Gasteiger partial charge in [0.2, 0.25) is 5.88 Å². The number of nitrogen functional groups attached to an aromatic ring is 1. The van der Waals surface area contributed by atoms with Crippen LogP contribution >= 0.6 is 0 Å². The Kier molecular flexibility index (Phi) is 6.51. The molecule has 0 spiro atoms. The summed E-state index contributed by atoms with van der Waals surface area (Å²) in [6, 6.07) is 6.88. The number of carbonyl (C=O) groups is 1. The van der Waals surface area contributed by atoms with Crippen molar-refractivity contribution < 1.29 is 32.6 Å². The lowest BCUT2D eigenvalue weighted by atomic mass is 9.90. The Labute approximate surface area is 273 Å². The van der Waals surface area contributed by atoms with Crippen LogP contribution in [0.3, 0.4) is 0 Å². The van der Waals surface area contributed by atoms with E-state index in [0.29, 0.717) is 59.4 Å². The summed E-state index contributed by atoms with van der Waals surface area (Å²) in [4.78, 5) is 27.3. The van der Waals surface area contributed by atoms with E-state index in [9.17, 15) is 19.6 Å². The van der Waals surface area contributed by atoms with E-state index in [-0.39, 0.29) is 60.4 Å². The number of alkyl halides is 1. The quantitative estimate of drug-likeness (QED) is 0.300. The smallest absolute Gasteiger partial charge is 0.407 e. The number of rotatable bonds is 5. The largest absolute Gasteiger partial charge is 0.465 e. The number of ether oxygens (including phenoxy) is 2. The van der Waals surface area contributed by atoms with Gasteiger partial charge in [-0.05, 0) is 55.0 Å². The molecule has 12 nitrogen and oxygen atoms in total. The van der Waals surface area contributed by atoms with Crippen molar-refractivity contribution in [1.29, 1.82) is 5.26 Å². The molecule has 9 rings (SSSR count). The molecular weight excluding hydrogens is 624 g/mol. The molecular formula is C34H33F2N7O5. The Bertz CT molecular complexity index is 2050. The Morgan fingerprint density at radius 2 is 1.96 bits per heavy atom. The second kappa shape index (κ2) is 10.6. The minimum Gasteiger partial charge on any atom is -0.465 e. The normalized spacial score (nSPS) is 26.4. The van der Waals surface area contributed by atoms with E-state index in [4.69, 9.17) is 29.6 Å². The number of fused-ring (bicyclic) bond motifs is 7. The maximum Gasteiger partial charge on any atom is 0.407 e. The fraction of sp³-hybridized carbons (Fsp3) is 0.471. The van der Waals surface area contributed by atoms with Crippen molar-refractivity contribution >= 4 is 39.7 Å². The molecule has 7 heterocycles. The van der Waals surface area contributed by atoms with Crippen molar-refractivity contribution in [3.63, 3.8) is 0 Å². The molecule has 1 amide bonds. The molecule has 5 aliphatic heterocycles. The number of nitrogens with two attached hydrogens (primary N) is 1. The first kappa shape index (κ1) is 29.4. The van der Waals surface area contributed by atoms with E-state index in [0.717, 1.165) is 37.8 Å². The van der Waals surface area contributed by atoms with Crippen molar-refractivity contribution in [2.75, 3.05) is 43.4 Å². The highest BCUT2D eigenvalue weighted by Crippen LogP contribution is 2.48. The van der Waals surface area contributed by atoms with Gasteiger partial charge >= 0.3 is 12.1 Å². The third-order valence-corrected chi connectivity index (χ3v) is 11.1. The lowest BCUT2D eigenvalue weighted by Crippen LogP contribution is -2.55. The van der Waals surface area contributed by atoms with Gasteiger partial charge in [-0.3, -0.25) is 4.90 Å². The number of carboxylic acid groups (broad SMARTS) is 1. The van der Waals surface area contributed by atoms with Gasteiger partial charge in [-0.15, -0.1) is 0 Å². The highest BCUT2D eigenvalue weighted by molar-refractivity contribution is 6.05. The minimum absolute atomic E-state index is 0.0201. The molecule has 2 aromatic heterocycles. The van der Waals surface area contributed by atoms with E-state index in [1.54, 1.807) is 18.2 Å². The average molecular weight is 658 g/mol. The summed E-state index contributed by atoms with van der Waals surface area (Å²) >= 11 is 0. The number of likely N-dealkylation sites (tertiary alicyclic amines) is 1. The van der Waals surface area contributed by atoms with Gasteiger partial charge < -0.3 is 34.5 Å². The Hall–Kier alpha value is -4.74. The summed E-state index contributed by atoms with van der Waals surface area (Å²) in [6.45, 7) is 2.23. The van der Waals surface area contributed by atoms with E-state index < -0.39 is 23.6 Å². The Morgan fingerprint density at radius 1 is 1.17 bits per heavy atom. The number of furan rings is 1. The Morgan fingerprint density at radius 3 is 2.73 bits per heavy atom. The molecule has 2 bridgehead atoms. The maximum atomic E-state index is 17.4. The standard InChI is InChI=1S/C34H33F2N7O5/c35-17-9-34(7-2-8-42(34)11-17)16-47-32-39-29-27(31(40-32)43-18-5-6-19(43)13-41(12-18)33(44)45)23-15-46-14-22(23)26(28(29)36)20-3-1-4-24-25(20)21(10-37)30(38)48-24/h1,3-4,17-19H,2,5-9,11-16,38H2,(H,44,45)/t17-,18?,19?,34+/m1/s1. The van der Waals surface area contributed by atoms with E-state index in [1.807, 2.05) is 0 Å². The number of benzene rings is 2. The van der Waals surface area contributed by atoms with Crippen LogP contribution in [0.2, 0.25) is 0 Å². The first-order chi connectivity index (χ1) is 23.3. The lowest BCUT2D eigenvalue weighted by Gasteiger charge is -2.41. The molecule has 2 aromatic carbocycles. The number of halogens is 2. The monoisotopic (exact) mass is 657 g/mol. The number of nitrogens with zero attached hydrogens (tertiary/aromatic N) is 6. The van der Waals surface area contributed by atoms with Gasteiger partial charge in [-0.2, -0.15) is 15.2 Å². The zero-order valence-electron chi connectivity index (χ0n) is 26.0. The van der Waals surface area contributed by atoms with Crippen molar-refractivity contribution in [1.82, 2.24) is 19.8 Å². The number of amides is 1. The summed E-state index contributed by atoms with van der Waals surface area (Å²) in [6.07, 6.45) is 1.69. The first-order valence-corrected chi connectivity index (χ1v) is 16.4. The maximum absolute atomic E-state index is 17.4. The SMILES string of the molecule is N#Cc1c(N)oc2cccc(-c3c4c(c5c(N6C7CCC6CN(C(=O)O)C7)nc(OC[C@@]67CCCN6C[C@H](F)C7)nc5c3F)COC4)c12. The first-order valence-electron chi connectivity index (χ1n) is 16.4. The van der Waals surface area contributed by atoms with Crippen LogP contribution in [0.5, 0.6) is 6.01 Å². The van der Waals surface area contributed by atoms with Gasteiger partial charge in [0.25, 0.3) is 0 Å². The topological polar surface area (TPSA) is 154 Å². The number of nitriles is 1. The van der Waals surface area contributed by atoms with E-state index >= 15 is 4.39 Å². The molecule has 4 aromatic rings. The molecule has 3 N–H and O–H groups in total. The van der Waals surface area contributed by atoms with Crippen molar-refractivity contribution in [2.24, 2.45) is 0 Å². The minimum atomic E-state index is -0.970. The van der Waals surface area contributed by atoms with Gasteiger partial charge in [0.05, 0.1) is 24.1 Å². The van der Waals surface area contributed by atoms with Crippen molar-refractivity contribution in [3.05, 3.63) is 40.7 Å². The van der Waals surface area contributed by atoms with Crippen LogP contribution in [0.4, 0.5) is 25.3 Å². The van der Waals surface area contributed by atoms with Crippen LogP contribution in [0.15, 0.2) is 22.6 Å². The molecule has 14 heteroatoms. The predicted octanol–water partition coefficient (Wildman–Crippen LogP) is 4.95. The summed E-state index contributed by atoms with van der Waals surface area (Å²) in [5, 5.41) is 20.6. The van der Waals surface area contributed by atoms with Gasteiger partial charge in [0, 0.05) is 49.1 Å². The fourth-order valence-electron chi connectivity index (χ4n) is 9.06. The molecule has 0 aliphatic carbocycles. The molecule has 4 atom stereocenters. The van der Waals surface area contributed by atoms with Gasteiger partial charge in [-0.25, -0.2) is 13.6 Å². The molecule has 4 saturated heterocycles. The second-order valence-corrected chi connectivity index (χ2v) is 13.7. The third-order valence-electron chi connectivity index (χ3n) is 11.1. The number of aromatic nitrogens is 2. The molecule has 48 heavy (non-hydrogen) atoms. The van der Waals surface area contributed by atoms with Gasteiger partial charge in [0.15, 0.2) is 5.82 Å². The van der Waals surface area contributed by atoms with Crippen LogP contribution in [-0.4, -0.2) is 87.5 Å². The zero-order valence-corrected chi connectivity index (χ0v) is 26.0. The van der Waals surface area contributed by atoms with Crippen LogP contribution in [0.25, 0.3) is 33.0 Å². The van der Waals surface area contributed by atoms with Crippen molar-refractivity contribution in [2.45, 2.75) is 69.1 Å². The van der Waals surface area contributed by atoms with Gasteiger partial charge in [-0.1, -0.05) is 12.1 Å². The summed E-state index contributed by atoms with van der Waals surface area (Å²) in [5.74, 6) is -0.187. The summed E-state index contributed by atoms with van der Waals surface area (Å²) in [5.41, 5.74) is 8.12. The van der Waals surface area contributed by atoms with E-state index in [2.05, 4.69) is 15.9 Å². The molecule has 0 saturated carbocycles. The average Bonchev–Trinajstić information content (AvgIpc) is 3.87. The van der Waals surface area contributed by atoms with Crippen molar-refractivity contribution in [3.8, 4) is 23.2 Å². The molecule has 5 aliphatic rings.